The lowest BCUT2D eigenvalue weighted by Gasteiger charge is -2.53. The van der Waals surface area contributed by atoms with Gasteiger partial charge in [-0.15, -0.1) is 0 Å². The number of carbonyl (C=O) groups is 1. The number of benzene rings is 1. The van der Waals surface area contributed by atoms with Crippen LogP contribution in [0.4, 0.5) is 0 Å². The minimum atomic E-state index is -0.833. The Hall–Kier alpha value is -2.01. The molecule has 0 amide bonds. The molecule has 2 aliphatic rings. The third-order valence-electron chi connectivity index (χ3n) is 4.71. The SMILES string of the molecule is CN1C2=C(C(=O)O)CN(C)N2C(C)(C)CC1c1ccccc1. The molecule has 1 aromatic rings. The molecule has 0 spiro atoms. The van der Waals surface area contributed by atoms with Crippen LogP contribution in [0.1, 0.15) is 31.9 Å². The summed E-state index contributed by atoms with van der Waals surface area (Å²) in [6.45, 7) is 4.80. The standard InChI is InChI=1S/C17H23N3O2/c1-17(2)10-14(12-8-6-5-7-9-12)19(4)15-13(16(21)22)11-18(3)20(15)17/h5-9,14H,10-11H2,1-4H3,(H,21,22). The van der Waals surface area contributed by atoms with Crippen LogP contribution in [0.5, 0.6) is 0 Å². The fourth-order valence-electron chi connectivity index (χ4n) is 3.79. The van der Waals surface area contributed by atoms with E-state index in [1.54, 1.807) is 0 Å². The molecule has 5 nitrogen and oxygen atoms in total. The number of nitrogens with zero attached hydrogens (tertiary/aromatic N) is 3. The van der Waals surface area contributed by atoms with Crippen molar-refractivity contribution in [2.24, 2.45) is 0 Å². The summed E-state index contributed by atoms with van der Waals surface area (Å²) in [4.78, 5) is 13.8. The Kier molecular flexibility index (Phi) is 3.40. The van der Waals surface area contributed by atoms with Crippen molar-refractivity contribution in [2.75, 3.05) is 20.6 Å². The number of hydrogen-bond acceptors (Lipinski definition) is 4. The lowest BCUT2D eigenvalue weighted by Crippen LogP contribution is -2.57. The predicted molar refractivity (Wildman–Crippen MR) is 84.8 cm³/mol. The minimum Gasteiger partial charge on any atom is -0.478 e. The van der Waals surface area contributed by atoms with Crippen LogP contribution in [0, 0.1) is 0 Å². The van der Waals surface area contributed by atoms with E-state index >= 15 is 0 Å². The molecular formula is C17H23N3O2. The van der Waals surface area contributed by atoms with Crippen molar-refractivity contribution in [3.05, 3.63) is 47.3 Å². The Labute approximate surface area is 131 Å². The van der Waals surface area contributed by atoms with Gasteiger partial charge < -0.3 is 10.0 Å². The highest BCUT2D eigenvalue weighted by molar-refractivity contribution is 5.88. The summed E-state index contributed by atoms with van der Waals surface area (Å²) in [5.41, 5.74) is 1.57. The van der Waals surface area contributed by atoms with Gasteiger partial charge >= 0.3 is 5.97 Å². The second-order valence-corrected chi connectivity index (χ2v) is 6.79. The molecule has 1 saturated heterocycles. The highest BCUT2D eigenvalue weighted by Gasteiger charge is 2.48. The summed E-state index contributed by atoms with van der Waals surface area (Å²) < 4.78 is 0. The third kappa shape index (κ3) is 2.16. The van der Waals surface area contributed by atoms with Gasteiger partial charge in [0.25, 0.3) is 0 Å². The second kappa shape index (κ2) is 5.02. The highest BCUT2D eigenvalue weighted by Crippen LogP contribution is 2.45. The summed E-state index contributed by atoms with van der Waals surface area (Å²) in [7, 11) is 3.95. The van der Waals surface area contributed by atoms with Gasteiger partial charge in [-0.25, -0.2) is 9.80 Å². The van der Waals surface area contributed by atoms with E-state index in [4.69, 9.17) is 0 Å². The maximum Gasteiger partial charge on any atom is 0.336 e. The van der Waals surface area contributed by atoms with Gasteiger partial charge in [0, 0.05) is 14.1 Å². The van der Waals surface area contributed by atoms with E-state index in [1.165, 1.54) is 5.56 Å². The molecule has 0 bridgehead atoms. The number of carboxylic acids is 1. The van der Waals surface area contributed by atoms with Crippen LogP contribution in [0.15, 0.2) is 41.7 Å². The van der Waals surface area contributed by atoms with Gasteiger partial charge in [-0.05, 0) is 25.8 Å². The molecule has 0 radical (unpaired) electrons. The number of hydrogen-bond donors (Lipinski definition) is 1. The molecule has 3 rings (SSSR count). The molecule has 118 valence electrons. The maximum absolute atomic E-state index is 11.7. The van der Waals surface area contributed by atoms with Crippen molar-refractivity contribution < 1.29 is 9.90 Å². The topological polar surface area (TPSA) is 47.0 Å². The monoisotopic (exact) mass is 301 g/mol. The molecule has 0 aliphatic carbocycles. The van der Waals surface area contributed by atoms with Gasteiger partial charge in [0.1, 0.15) is 5.82 Å². The van der Waals surface area contributed by atoms with Crippen LogP contribution in [0.25, 0.3) is 0 Å². The molecule has 5 heteroatoms. The van der Waals surface area contributed by atoms with Crippen molar-refractivity contribution >= 4 is 5.97 Å². The van der Waals surface area contributed by atoms with Gasteiger partial charge in [0.15, 0.2) is 0 Å². The number of carboxylic acid groups (broad SMARTS) is 1. The van der Waals surface area contributed by atoms with E-state index in [0.29, 0.717) is 12.1 Å². The molecule has 1 fully saturated rings. The molecule has 2 aliphatic heterocycles. The lowest BCUT2D eigenvalue weighted by atomic mass is 9.87. The molecule has 1 N–H and O–H groups in total. The minimum absolute atomic E-state index is 0.131. The van der Waals surface area contributed by atoms with Gasteiger partial charge in [0.2, 0.25) is 0 Å². The summed E-state index contributed by atoms with van der Waals surface area (Å²) in [6, 6.07) is 10.5. The highest BCUT2D eigenvalue weighted by atomic mass is 16.4. The molecular weight excluding hydrogens is 278 g/mol. The predicted octanol–water partition coefficient (Wildman–Crippen LogP) is 2.30. The van der Waals surface area contributed by atoms with Crippen molar-refractivity contribution in [2.45, 2.75) is 31.8 Å². The van der Waals surface area contributed by atoms with Crippen molar-refractivity contribution in [1.82, 2.24) is 14.9 Å². The number of aliphatic carboxylic acids is 1. The van der Waals surface area contributed by atoms with Crippen LogP contribution in [0.2, 0.25) is 0 Å². The van der Waals surface area contributed by atoms with Gasteiger partial charge in [-0.3, -0.25) is 5.01 Å². The van der Waals surface area contributed by atoms with E-state index in [-0.39, 0.29) is 11.6 Å². The fraction of sp³-hybridized carbons (Fsp3) is 0.471. The smallest absolute Gasteiger partial charge is 0.336 e. The Balaban J connectivity index is 2.09. The Morgan fingerprint density at radius 1 is 1.23 bits per heavy atom. The van der Waals surface area contributed by atoms with Crippen LogP contribution in [-0.2, 0) is 4.79 Å². The average molecular weight is 301 g/mol. The van der Waals surface area contributed by atoms with E-state index < -0.39 is 5.97 Å². The van der Waals surface area contributed by atoms with Gasteiger partial charge in [0.05, 0.1) is 23.7 Å². The second-order valence-electron chi connectivity index (χ2n) is 6.79. The lowest BCUT2D eigenvalue weighted by molar-refractivity contribution is -0.132. The molecule has 2 heterocycles. The quantitative estimate of drug-likeness (QED) is 0.908. The zero-order valence-electron chi connectivity index (χ0n) is 13.6. The Morgan fingerprint density at radius 3 is 2.45 bits per heavy atom. The van der Waals surface area contributed by atoms with Crippen LogP contribution in [-0.4, -0.2) is 52.2 Å². The third-order valence-corrected chi connectivity index (χ3v) is 4.71. The molecule has 22 heavy (non-hydrogen) atoms. The molecule has 1 atom stereocenters. The zero-order chi connectivity index (χ0) is 16.1. The van der Waals surface area contributed by atoms with Crippen molar-refractivity contribution in [3.63, 3.8) is 0 Å². The van der Waals surface area contributed by atoms with Gasteiger partial charge in [-0.2, -0.15) is 0 Å². The molecule has 1 unspecified atom stereocenters. The molecule has 1 aromatic carbocycles. The zero-order valence-corrected chi connectivity index (χ0v) is 13.6. The van der Waals surface area contributed by atoms with Gasteiger partial charge in [-0.1, -0.05) is 30.3 Å². The summed E-state index contributed by atoms with van der Waals surface area (Å²) in [5.74, 6) is -0.0131. The summed E-state index contributed by atoms with van der Waals surface area (Å²) in [6.07, 6.45) is 0.939. The van der Waals surface area contributed by atoms with Crippen LogP contribution in [0.3, 0.4) is 0 Å². The Morgan fingerprint density at radius 2 is 1.86 bits per heavy atom. The number of hydrazine groups is 1. The van der Waals surface area contributed by atoms with E-state index in [0.717, 1.165) is 12.2 Å². The first-order valence-corrected chi connectivity index (χ1v) is 7.58. The van der Waals surface area contributed by atoms with E-state index in [9.17, 15) is 9.90 Å². The molecule has 0 saturated carbocycles. The normalized spacial score (nSPS) is 24.6. The number of likely N-dealkylation sites (N-methyl/N-ethyl adjacent to an activating group) is 1. The number of rotatable bonds is 2. The average Bonchev–Trinajstić information content (AvgIpc) is 2.83. The fourth-order valence-corrected chi connectivity index (χ4v) is 3.79. The first-order valence-electron chi connectivity index (χ1n) is 7.58. The van der Waals surface area contributed by atoms with Crippen molar-refractivity contribution in [3.8, 4) is 0 Å². The molecule has 0 aromatic heterocycles. The summed E-state index contributed by atoms with van der Waals surface area (Å²) in [5, 5.41) is 13.7. The van der Waals surface area contributed by atoms with E-state index in [1.807, 2.05) is 37.3 Å². The maximum atomic E-state index is 11.7. The largest absolute Gasteiger partial charge is 0.478 e. The van der Waals surface area contributed by atoms with Crippen LogP contribution >= 0.6 is 0 Å². The first kappa shape index (κ1) is 14.9. The van der Waals surface area contributed by atoms with Crippen molar-refractivity contribution in [1.29, 1.82) is 0 Å². The van der Waals surface area contributed by atoms with Crippen LogP contribution < -0.4 is 0 Å². The Bertz CT molecular complexity index is 624. The first-order chi connectivity index (χ1) is 10.3. The number of fused-ring (bicyclic) bond motifs is 1. The van der Waals surface area contributed by atoms with E-state index in [2.05, 4.69) is 35.9 Å². The summed E-state index contributed by atoms with van der Waals surface area (Å²) >= 11 is 0.